The number of aliphatic hydroxyl groups excluding tert-OH is 1. The number of nitrogens with zero attached hydrogens (tertiary/aromatic N) is 1. The summed E-state index contributed by atoms with van der Waals surface area (Å²) in [6.07, 6.45) is 5.45. The lowest BCUT2D eigenvalue weighted by atomic mass is 9.95. The number of carbonyl (C=O) groups is 2. The molecular formula is C32H43N3O5Si. The number of aromatic nitrogens is 1. The first kappa shape index (κ1) is 29.5. The second kappa shape index (κ2) is 12.5. The van der Waals surface area contributed by atoms with Gasteiger partial charge in [0.05, 0.1) is 37.7 Å². The predicted octanol–water partition coefficient (Wildman–Crippen LogP) is 4.63. The summed E-state index contributed by atoms with van der Waals surface area (Å²) in [5.41, 5.74) is 3.88. The molecule has 2 aliphatic rings. The molecule has 2 amide bonds. The molecule has 0 radical (unpaired) electrons. The Balaban J connectivity index is 1.15. The quantitative estimate of drug-likeness (QED) is 0.263. The number of aromatic amines is 1. The molecule has 8 nitrogen and oxygen atoms in total. The molecule has 9 heteroatoms. The summed E-state index contributed by atoms with van der Waals surface area (Å²) in [6, 6.07) is 15.8. The first-order valence-electron chi connectivity index (χ1n) is 14.9. The number of hydrogen-bond acceptors (Lipinski definition) is 5. The SMILES string of the molecule is C[C@H]1[C@H]([Si](C)(C)O)[C@@H](CC(=O)N2CCC[C@H]2CO)O[C@H]1CCc1ccc(NC(=O)Cc2c[nH]c3ccccc23)cc1. The summed E-state index contributed by atoms with van der Waals surface area (Å²) in [6.45, 7) is 6.69. The predicted molar refractivity (Wildman–Crippen MR) is 163 cm³/mol. The molecular weight excluding hydrogens is 534 g/mol. The van der Waals surface area contributed by atoms with Crippen molar-refractivity contribution in [3.8, 4) is 0 Å². The number of anilines is 1. The zero-order valence-corrected chi connectivity index (χ0v) is 25.3. The van der Waals surface area contributed by atoms with E-state index in [1.807, 2.05) is 67.8 Å². The summed E-state index contributed by atoms with van der Waals surface area (Å²) in [5, 5.41) is 13.7. The maximum atomic E-state index is 13.1. The highest BCUT2D eigenvalue weighted by atomic mass is 28.4. The van der Waals surface area contributed by atoms with Crippen LogP contribution < -0.4 is 5.32 Å². The molecule has 2 fully saturated rings. The number of para-hydroxylation sites is 1. The van der Waals surface area contributed by atoms with E-state index in [0.29, 0.717) is 13.0 Å². The maximum absolute atomic E-state index is 13.1. The fourth-order valence-corrected chi connectivity index (χ4v) is 9.58. The van der Waals surface area contributed by atoms with Gasteiger partial charge in [-0.3, -0.25) is 9.59 Å². The van der Waals surface area contributed by atoms with Crippen LogP contribution in [0.4, 0.5) is 5.69 Å². The van der Waals surface area contributed by atoms with Crippen LogP contribution in [0.2, 0.25) is 18.6 Å². The Bertz CT molecular complexity index is 1350. The lowest BCUT2D eigenvalue weighted by Gasteiger charge is -2.31. The van der Waals surface area contributed by atoms with E-state index in [2.05, 4.69) is 17.2 Å². The monoisotopic (exact) mass is 577 g/mol. The lowest BCUT2D eigenvalue weighted by molar-refractivity contribution is -0.135. The molecule has 41 heavy (non-hydrogen) atoms. The summed E-state index contributed by atoms with van der Waals surface area (Å²) in [5.74, 6) is 0.108. The van der Waals surface area contributed by atoms with Gasteiger partial charge in [0.2, 0.25) is 11.8 Å². The molecule has 0 unspecified atom stereocenters. The number of rotatable bonds is 10. The first-order valence-corrected chi connectivity index (χ1v) is 17.9. The van der Waals surface area contributed by atoms with Gasteiger partial charge in [-0.25, -0.2) is 0 Å². The molecule has 3 aromatic rings. The average molecular weight is 578 g/mol. The highest BCUT2D eigenvalue weighted by Crippen LogP contribution is 2.45. The molecule has 5 rings (SSSR count). The Morgan fingerprint density at radius 3 is 2.61 bits per heavy atom. The van der Waals surface area contributed by atoms with E-state index in [9.17, 15) is 19.5 Å². The molecule has 0 aliphatic carbocycles. The van der Waals surface area contributed by atoms with Gasteiger partial charge < -0.3 is 29.8 Å². The number of fused-ring (bicyclic) bond motifs is 1. The number of hydrogen-bond donors (Lipinski definition) is 4. The zero-order chi connectivity index (χ0) is 29.1. The van der Waals surface area contributed by atoms with Gasteiger partial charge in [-0.2, -0.15) is 0 Å². The molecule has 0 spiro atoms. The molecule has 0 bridgehead atoms. The topological polar surface area (TPSA) is 115 Å². The van der Waals surface area contributed by atoms with Crippen LogP contribution in [0.1, 0.15) is 43.7 Å². The van der Waals surface area contributed by atoms with E-state index in [0.717, 1.165) is 53.4 Å². The highest BCUT2D eigenvalue weighted by Gasteiger charge is 2.50. The molecule has 5 atom stereocenters. The largest absolute Gasteiger partial charge is 0.432 e. The summed E-state index contributed by atoms with van der Waals surface area (Å²) in [7, 11) is -2.58. The Morgan fingerprint density at radius 1 is 1.12 bits per heavy atom. The summed E-state index contributed by atoms with van der Waals surface area (Å²) in [4.78, 5) is 42.0. The third kappa shape index (κ3) is 6.75. The number of nitrogens with one attached hydrogen (secondary N) is 2. The van der Waals surface area contributed by atoms with Crippen molar-refractivity contribution in [2.24, 2.45) is 5.92 Å². The number of likely N-dealkylation sites (tertiary alicyclic amines) is 1. The van der Waals surface area contributed by atoms with Gasteiger partial charge in [-0.15, -0.1) is 0 Å². The zero-order valence-electron chi connectivity index (χ0n) is 24.3. The second-order valence-electron chi connectivity index (χ2n) is 12.3. The number of aryl methyl sites for hydroxylation is 1. The van der Waals surface area contributed by atoms with E-state index < -0.39 is 8.32 Å². The van der Waals surface area contributed by atoms with Gasteiger partial charge in [-0.05, 0) is 74.0 Å². The Morgan fingerprint density at radius 2 is 1.88 bits per heavy atom. The first-order chi connectivity index (χ1) is 19.6. The number of aliphatic hydroxyl groups is 1. The van der Waals surface area contributed by atoms with Crippen LogP contribution in [-0.4, -0.2) is 71.3 Å². The smallest absolute Gasteiger partial charge is 0.228 e. The number of H-pyrrole nitrogens is 1. The standard InChI is InChI=1S/C32H43N3O5Si/c1-21-28(40-29(32(21)41(2,3)39)18-31(38)35-16-6-7-25(35)20-36)15-12-22-10-13-24(14-11-22)34-30(37)17-23-19-33-27-9-5-4-8-26(23)27/h4-5,8-11,13-14,19,21,25,28-29,32-33,36,39H,6-7,12,15-18,20H2,1-3H3,(H,34,37)/t21-,25+,28+,29-,32+/m1/s1. The van der Waals surface area contributed by atoms with E-state index in [1.165, 1.54) is 0 Å². The van der Waals surface area contributed by atoms with Crippen LogP contribution in [0.25, 0.3) is 10.9 Å². The van der Waals surface area contributed by atoms with Gasteiger partial charge in [-0.1, -0.05) is 37.3 Å². The number of carbonyl (C=O) groups excluding carboxylic acids is 2. The molecule has 2 aliphatic heterocycles. The van der Waals surface area contributed by atoms with Crippen molar-refractivity contribution in [1.29, 1.82) is 0 Å². The van der Waals surface area contributed by atoms with E-state index in [1.54, 1.807) is 4.90 Å². The molecule has 0 saturated carbocycles. The molecule has 220 valence electrons. The molecule has 4 N–H and O–H groups in total. The van der Waals surface area contributed by atoms with Crippen molar-refractivity contribution in [1.82, 2.24) is 9.88 Å². The van der Waals surface area contributed by atoms with Crippen molar-refractivity contribution in [3.05, 3.63) is 65.9 Å². The van der Waals surface area contributed by atoms with E-state index in [4.69, 9.17) is 4.74 Å². The fourth-order valence-electron chi connectivity index (χ4n) is 6.97. The van der Waals surface area contributed by atoms with Gasteiger partial charge in [0, 0.05) is 34.9 Å². The molecule has 1 aromatic heterocycles. The summed E-state index contributed by atoms with van der Waals surface area (Å²) >= 11 is 0. The van der Waals surface area contributed by atoms with Gasteiger partial charge in [0.15, 0.2) is 8.32 Å². The van der Waals surface area contributed by atoms with Crippen molar-refractivity contribution in [3.63, 3.8) is 0 Å². The third-order valence-electron chi connectivity index (χ3n) is 8.98. The maximum Gasteiger partial charge on any atom is 0.228 e. The Labute approximate surface area is 243 Å². The molecule has 2 saturated heterocycles. The summed E-state index contributed by atoms with van der Waals surface area (Å²) < 4.78 is 6.50. The molecule has 3 heterocycles. The third-order valence-corrected chi connectivity index (χ3v) is 11.5. The minimum absolute atomic E-state index is 0.00741. The van der Waals surface area contributed by atoms with Gasteiger partial charge in [0.25, 0.3) is 0 Å². The van der Waals surface area contributed by atoms with Crippen LogP contribution in [-0.2, 0) is 27.2 Å². The molecule has 2 aromatic carbocycles. The van der Waals surface area contributed by atoms with Crippen molar-refractivity contribution in [2.45, 2.75) is 82.3 Å². The van der Waals surface area contributed by atoms with E-state index >= 15 is 0 Å². The normalized spacial score (nSPS) is 24.7. The van der Waals surface area contributed by atoms with Crippen LogP contribution >= 0.6 is 0 Å². The minimum atomic E-state index is -2.58. The number of amides is 2. The van der Waals surface area contributed by atoms with Crippen molar-refractivity contribution < 1.29 is 24.2 Å². The number of benzene rings is 2. The Hall–Kier alpha value is -2.98. The van der Waals surface area contributed by atoms with Crippen LogP contribution in [0.3, 0.4) is 0 Å². The average Bonchev–Trinajstić information content (AvgIpc) is 3.65. The van der Waals surface area contributed by atoms with Crippen LogP contribution in [0.5, 0.6) is 0 Å². The van der Waals surface area contributed by atoms with E-state index in [-0.39, 0.29) is 54.6 Å². The second-order valence-corrected chi connectivity index (χ2v) is 16.3. The van der Waals surface area contributed by atoms with Gasteiger partial charge in [0.1, 0.15) is 0 Å². The fraction of sp³-hybridized carbons (Fsp3) is 0.500. The number of ether oxygens (including phenoxy) is 1. The van der Waals surface area contributed by atoms with Crippen LogP contribution in [0, 0.1) is 5.92 Å². The van der Waals surface area contributed by atoms with Crippen LogP contribution in [0.15, 0.2) is 54.7 Å². The highest BCUT2D eigenvalue weighted by molar-refractivity contribution is 6.71. The lowest BCUT2D eigenvalue weighted by Crippen LogP contribution is -2.43. The Kier molecular flexibility index (Phi) is 8.99. The minimum Gasteiger partial charge on any atom is -0.432 e. The van der Waals surface area contributed by atoms with Crippen molar-refractivity contribution in [2.75, 3.05) is 18.5 Å². The van der Waals surface area contributed by atoms with Gasteiger partial charge >= 0.3 is 0 Å². The van der Waals surface area contributed by atoms with Crippen molar-refractivity contribution >= 4 is 36.7 Å².